The highest BCUT2D eigenvalue weighted by Gasteiger charge is 2.32. The van der Waals surface area contributed by atoms with Crippen molar-refractivity contribution >= 4 is 27.3 Å². The number of benzene rings is 1. The molecular formula is C23H26FN5O5S. The third-order valence-corrected chi connectivity index (χ3v) is 7.93. The minimum atomic E-state index is -3.96. The smallest absolute Gasteiger partial charge is 0.303 e. The number of halogens is 1. The number of hydrogen-bond acceptors (Lipinski definition) is 7. The normalized spacial score (nSPS) is 17.8. The average Bonchev–Trinajstić information content (AvgIpc) is 3.49. The SMILES string of the molecule is CCN(C)S(=O)(=O)NC(=O)c1cnn2ccc(N3CCCC3c3cc(F)cc4c3OCCO4)cc12. The lowest BCUT2D eigenvalue weighted by Gasteiger charge is -2.30. The summed E-state index contributed by atoms with van der Waals surface area (Å²) in [4.78, 5) is 14.9. The molecule has 1 fully saturated rings. The number of fused-ring (bicyclic) bond motifs is 2. The summed E-state index contributed by atoms with van der Waals surface area (Å²) in [5, 5.41) is 4.19. The predicted molar refractivity (Wildman–Crippen MR) is 127 cm³/mol. The Morgan fingerprint density at radius 3 is 2.89 bits per heavy atom. The molecule has 4 heterocycles. The summed E-state index contributed by atoms with van der Waals surface area (Å²) in [7, 11) is -2.58. The van der Waals surface area contributed by atoms with Crippen molar-refractivity contribution in [3.63, 3.8) is 0 Å². The van der Waals surface area contributed by atoms with E-state index in [1.165, 1.54) is 29.9 Å². The van der Waals surface area contributed by atoms with Gasteiger partial charge >= 0.3 is 10.2 Å². The van der Waals surface area contributed by atoms with Crippen LogP contribution in [0.3, 0.4) is 0 Å². The van der Waals surface area contributed by atoms with Gasteiger partial charge in [0.05, 0.1) is 23.3 Å². The van der Waals surface area contributed by atoms with Gasteiger partial charge in [0.25, 0.3) is 5.91 Å². The Morgan fingerprint density at radius 1 is 1.29 bits per heavy atom. The lowest BCUT2D eigenvalue weighted by atomic mass is 10.0. The molecule has 35 heavy (non-hydrogen) atoms. The van der Waals surface area contributed by atoms with Crippen LogP contribution in [0.25, 0.3) is 5.52 Å². The maximum atomic E-state index is 14.4. The van der Waals surface area contributed by atoms with Crippen LogP contribution in [0, 0.1) is 5.82 Å². The fourth-order valence-electron chi connectivity index (χ4n) is 4.54. The van der Waals surface area contributed by atoms with E-state index in [0.717, 1.165) is 34.9 Å². The number of amides is 1. The fraction of sp³-hybridized carbons (Fsp3) is 0.391. The van der Waals surface area contributed by atoms with Gasteiger partial charge in [-0.15, -0.1) is 0 Å². The fourth-order valence-corrected chi connectivity index (χ4v) is 5.38. The number of carbonyl (C=O) groups is 1. The Balaban J connectivity index is 1.49. The van der Waals surface area contributed by atoms with E-state index in [1.807, 2.05) is 6.07 Å². The van der Waals surface area contributed by atoms with Gasteiger partial charge in [0.15, 0.2) is 11.5 Å². The van der Waals surface area contributed by atoms with Gasteiger partial charge in [-0.05, 0) is 31.0 Å². The molecule has 3 aromatic rings. The van der Waals surface area contributed by atoms with Crippen LogP contribution in [-0.2, 0) is 10.2 Å². The standard InChI is InChI=1S/C23H26FN5O5S/c1-3-27(2)35(31,32)26-23(30)18-14-25-29-8-6-16(13-20(18)29)28-7-4-5-19(28)17-11-15(24)12-21-22(17)34-10-9-33-21/h6,8,11-14,19H,3-5,7,9-10H2,1-2H3,(H,26,30). The second-order valence-electron chi connectivity index (χ2n) is 8.49. The molecule has 1 atom stereocenters. The van der Waals surface area contributed by atoms with Gasteiger partial charge < -0.3 is 14.4 Å². The molecule has 1 saturated heterocycles. The summed E-state index contributed by atoms with van der Waals surface area (Å²) in [5.74, 6) is -0.188. The van der Waals surface area contributed by atoms with Gasteiger partial charge in [0, 0.05) is 43.7 Å². The van der Waals surface area contributed by atoms with E-state index in [1.54, 1.807) is 19.2 Å². The van der Waals surface area contributed by atoms with Crippen LogP contribution in [0.2, 0.25) is 0 Å². The lowest BCUT2D eigenvalue weighted by molar-refractivity contribution is 0.0981. The van der Waals surface area contributed by atoms with Crippen LogP contribution in [0.5, 0.6) is 11.5 Å². The van der Waals surface area contributed by atoms with E-state index in [9.17, 15) is 17.6 Å². The number of anilines is 1. The van der Waals surface area contributed by atoms with Crippen LogP contribution in [0.4, 0.5) is 10.1 Å². The van der Waals surface area contributed by atoms with Crippen molar-refractivity contribution in [1.82, 2.24) is 18.6 Å². The lowest BCUT2D eigenvalue weighted by Crippen LogP contribution is -2.41. The quantitative estimate of drug-likeness (QED) is 0.551. The van der Waals surface area contributed by atoms with Gasteiger partial charge in [0.1, 0.15) is 19.0 Å². The Bertz CT molecular complexity index is 1390. The molecule has 10 nitrogen and oxygen atoms in total. The van der Waals surface area contributed by atoms with Crippen molar-refractivity contribution in [3.05, 3.63) is 53.6 Å². The minimum absolute atomic E-state index is 0.135. The predicted octanol–water partition coefficient (Wildman–Crippen LogP) is 2.51. The Hall–Kier alpha value is -3.38. The topological polar surface area (TPSA) is 105 Å². The summed E-state index contributed by atoms with van der Waals surface area (Å²) >= 11 is 0. The molecule has 0 radical (unpaired) electrons. The molecule has 0 saturated carbocycles. The van der Waals surface area contributed by atoms with Crippen LogP contribution in [-0.4, -0.2) is 61.6 Å². The maximum Gasteiger partial charge on any atom is 0.303 e. The molecule has 1 N–H and O–H groups in total. The number of nitrogens with zero attached hydrogens (tertiary/aromatic N) is 4. The monoisotopic (exact) mass is 503 g/mol. The van der Waals surface area contributed by atoms with Crippen molar-refractivity contribution in [2.75, 3.05) is 38.3 Å². The van der Waals surface area contributed by atoms with Crippen LogP contribution in [0.15, 0.2) is 36.7 Å². The van der Waals surface area contributed by atoms with Crippen LogP contribution >= 0.6 is 0 Å². The van der Waals surface area contributed by atoms with Crippen molar-refractivity contribution in [3.8, 4) is 11.5 Å². The van der Waals surface area contributed by atoms with Crippen molar-refractivity contribution in [1.29, 1.82) is 0 Å². The highest BCUT2D eigenvalue weighted by molar-refractivity contribution is 7.87. The Morgan fingerprint density at radius 2 is 2.09 bits per heavy atom. The molecule has 5 rings (SSSR count). The van der Waals surface area contributed by atoms with Crippen molar-refractivity contribution < 1.29 is 27.1 Å². The molecule has 2 aliphatic heterocycles. The molecule has 1 unspecified atom stereocenters. The number of carbonyl (C=O) groups excluding carboxylic acids is 1. The zero-order valence-corrected chi connectivity index (χ0v) is 20.2. The van der Waals surface area contributed by atoms with Crippen molar-refractivity contribution in [2.45, 2.75) is 25.8 Å². The van der Waals surface area contributed by atoms with E-state index < -0.39 is 16.1 Å². The molecule has 12 heteroatoms. The minimum Gasteiger partial charge on any atom is -0.486 e. The Labute approximate surface area is 202 Å². The highest BCUT2D eigenvalue weighted by atomic mass is 32.2. The molecule has 0 spiro atoms. The zero-order valence-electron chi connectivity index (χ0n) is 19.4. The largest absolute Gasteiger partial charge is 0.486 e. The average molecular weight is 504 g/mol. The van der Waals surface area contributed by atoms with Crippen molar-refractivity contribution in [2.24, 2.45) is 0 Å². The molecule has 2 aliphatic rings. The second-order valence-corrected chi connectivity index (χ2v) is 10.3. The molecule has 1 amide bonds. The highest BCUT2D eigenvalue weighted by Crippen LogP contribution is 2.45. The molecular weight excluding hydrogens is 477 g/mol. The molecule has 2 aromatic heterocycles. The van der Waals surface area contributed by atoms with Gasteiger partial charge in [-0.2, -0.15) is 17.8 Å². The zero-order chi connectivity index (χ0) is 24.7. The summed E-state index contributed by atoms with van der Waals surface area (Å²) in [6.07, 6.45) is 4.73. The summed E-state index contributed by atoms with van der Waals surface area (Å²) < 4.78 is 55.2. The van der Waals surface area contributed by atoms with Crippen LogP contribution < -0.4 is 19.1 Å². The van der Waals surface area contributed by atoms with E-state index in [4.69, 9.17) is 9.47 Å². The Kier molecular flexibility index (Phi) is 6.01. The first kappa shape index (κ1) is 23.4. The van der Waals surface area contributed by atoms with Gasteiger partial charge in [-0.3, -0.25) is 4.79 Å². The van der Waals surface area contributed by atoms with Gasteiger partial charge in [-0.25, -0.2) is 13.6 Å². The van der Waals surface area contributed by atoms with Gasteiger partial charge in [0.2, 0.25) is 0 Å². The molecule has 0 bridgehead atoms. The second kappa shape index (κ2) is 9.00. The van der Waals surface area contributed by atoms with E-state index in [0.29, 0.717) is 30.2 Å². The van der Waals surface area contributed by atoms with Gasteiger partial charge in [-0.1, -0.05) is 6.92 Å². The van der Waals surface area contributed by atoms with E-state index >= 15 is 0 Å². The molecule has 1 aromatic carbocycles. The van der Waals surface area contributed by atoms with Crippen LogP contribution in [0.1, 0.15) is 41.7 Å². The maximum absolute atomic E-state index is 14.4. The number of aromatic nitrogens is 2. The first-order valence-corrected chi connectivity index (χ1v) is 12.8. The number of rotatable bonds is 6. The number of ether oxygens (including phenoxy) is 2. The summed E-state index contributed by atoms with van der Waals surface area (Å²) in [6.45, 7) is 3.38. The molecule has 0 aliphatic carbocycles. The third kappa shape index (κ3) is 4.27. The summed E-state index contributed by atoms with van der Waals surface area (Å²) in [6, 6.07) is 6.33. The van der Waals surface area contributed by atoms with E-state index in [-0.39, 0.29) is 24.0 Å². The number of nitrogens with one attached hydrogen (secondary N) is 1. The third-order valence-electron chi connectivity index (χ3n) is 6.41. The van der Waals surface area contributed by atoms with E-state index in [2.05, 4.69) is 14.7 Å². The summed E-state index contributed by atoms with van der Waals surface area (Å²) in [5.41, 5.74) is 2.12. The first-order valence-electron chi connectivity index (χ1n) is 11.4. The number of hydrogen-bond donors (Lipinski definition) is 1. The first-order chi connectivity index (χ1) is 16.8. The number of pyridine rings is 1. The molecule has 186 valence electrons.